The molecule has 62 valence electrons. The molecule has 0 unspecified atom stereocenters. The fraction of sp³-hybridized carbons (Fsp3) is 0.250. The lowest BCUT2D eigenvalue weighted by Gasteiger charge is -1.83. The Labute approximate surface area is 69.2 Å². The van der Waals surface area contributed by atoms with Crippen LogP contribution in [0.1, 0.15) is 18.2 Å². The summed E-state index contributed by atoms with van der Waals surface area (Å²) in [5.74, 6) is 3.27. The summed E-state index contributed by atoms with van der Waals surface area (Å²) >= 11 is 0. The molecule has 0 aromatic carbocycles. The molecule has 1 aromatic heterocycles. The number of carbonyl (C=O) groups is 1. The zero-order valence-electron chi connectivity index (χ0n) is 6.50. The summed E-state index contributed by atoms with van der Waals surface area (Å²) in [6.07, 6.45) is 2.02. The molecular weight excluding hydrogens is 158 g/mol. The van der Waals surface area contributed by atoms with E-state index in [0.29, 0.717) is 17.7 Å². The molecule has 0 radical (unpaired) electrons. The summed E-state index contributed by atoms with van der Waals surface area (Å²) in [7, 11) is 0. The van der Waals surface area contributed by atoms with E-state index >= 15 is 0 Å². The lowest BCUT2D eigenvalue weighted by atomic mass is 10.2. The van der Waals surface area contributed by atoms with Gasteiger partial charge in [-0.05, 0) is 12.3 Å². The molecule has 12 heavy (non-hydrogen) atoms. The van der Waals surface area contributed by atoms with Gasteiger partial charge in [0.15, 0.2) is 0 Å². The van der Waals surface area contributed by atoms with Gasteiger partial charge in [-0.15, -0.1) is 0 Å². The Morgan fingerprint density at radius 2 is 2.58 bits per heavy atom. The van der Waals surface area contributed by atoms with Crippen LogP contribution >= 0.6 is 0 Å². The van der Waals surface area contributed by atoms with Crippen molar-refractivity contribution < 1.29 is 14.4 Å². The molecule has 0 spiro atoms. The quantitative estimate of drug-likeness (QED) is 0.621. The van der Waals surface area contributed by atoms with Gasteiger partial charge in [-0.25, -0.2) is 4.79 Å². The number of carboxylic acid groups (broad SMARTS) is 1. The van der Waals surface area contributed by atoms with Crippen LogP contribution in [-0.4, -0.2) is 16.2 Å². The lowest BCUT2D eigenvalue weighted by molar-refractivity contribution is -0.130. The van der Waals surface area contributed by atoms with E-state index in [1.165, 1.54) is 6.26 Å². The third-order valence-electron chi connectivity index (χ3n) is 1.28. The molecule has 0 saturated carbocycles. The monoisotopic (exact) mass is 165 g/mol. The first-order chi connectivity index (χ1) is 5.74. The molecule has 0 aliphatic carbocycles. The Balaban J connectivity index is 2.90. The van der Waals surface area contributed by atoms with Crippen LogP contribution in [0.5, 0.6) is 0 Å². The summed E-state index contributed by atoms with van der Waals surface area (Å²) in [5.41, 5.74) is 1.23. The predicted molar refractivity (Wildman–Crippen MR) is 40.4 cm³/mol. The molecule has 1 N–H and O–H groups in total. The summed E-state index contributed by atoms with van der Waals surface area (Å²) in [6.45, 7) is 1.89. The molecule has 0 saturated heterocycles. The minimum Gasteiger partial charge on any atom is -0.472 e. The number of aromatic nitrogens is 1. The van der Waals surface area contributed by atoms with Gasteiger partial charge in [0.2, 0.25) is 0 Å². The number of carboxylic acids is 1. The molecule has 0 aliphatic rings. The van der Waals surface area contributed by atoms with E-state index in [9.17, 15) is 4.79 Å². The zero-order chi connectivity index (χ0) is 8.97. The first-order valence-electron chi connectivity index (χ1n) is 3.42. The highest BCUT2D eigenvalue weighted by molar-refractivity contribution is 5.87. The average Bonchev–Trinajstić information content (AvgIpc) is 2.47. The van der Waals surface area contributed by atoms with Crippen molar-refractivity contribution in [2.24, 2.45) is 0 Å². The highest BCUT2D eigenvalue weighted by atomic mass is 16.5. The van der Waals surface area contributed by atoms with E-state index in [1.54, 1.807) is 0 Å². The molecular formula is C8H7NO3. The third kappa shape index (κ3) is 1.86. The van der Waals surface area contributed by atoms with Gasteiger partial charge >= 0.3 is 5.97 Å². The predicted octanol–water partition coefficient (Wildman–Crippen LogP) is 0.673. The van der Waals surface area contributed by atoms with E-state index < -0.39 is 5.97 Å². The van der Waals surface area contributed by atoms with Gasteiger partial charge in [-0.1, -0.05) is 12.1 Å². The molecule has 1 aromatic rings. The first-order valence-corrected chi connectivity index (χ1v) is 3.42. The van der Waals surface area contributed by atoms with Crippen molar-refractivity contribution in [2.45, 2.75) is 13.3 Å². The SMILES string of the molecule is CCc1nocc1C#CC(=O)O. The maximum Gasteiger partial charge on any atom is 0.382 e. The van der Waals surface area contributed by atoms with Crippen LogP contribution in [0.2, 0.25) is 0 Å². The second kappa shape index (κ2) is 3.58. The number of nitrogens with zero attached hydrogens (tertiary/aromatic N) is 1. The van der Waals surface area contributed by atoms with Crippen molar-refractivity contribution in [3.63, 3.8) is 0 Å². The van der Waals surface area contributed by atoms with Gasteiger partial charge in [0.05, 0.1) is 11.3 Å². The van der Waals surface area contributed by atoms with Crippen molar-refractivity contribution in [1.82, 2.24) is 5.16 Å². The van der Waals surface area contributed by atoms with Gasteiger partial charge in [0.25, 0.3) is 0 Å². The van der Waals surface area contributed by atoms with Crippen molar-refractivity contribution in [3.05, 3.63) is 17.5 Å². The number of hydrogen-bond acceptors (Lipinski definition) is 3. The summed E-state index contributed by atoms with van der Waals surface area (Å²) < 4.78 is 4.62. The fourth-order valence-electron chi connectivity index (χ4n) is 0.737. The molecule has 0 atom stereocenters. The van der Waals surface area contributed by atoms with E-state index in [-0.39, 0.29) is 0 Å². The highest BCUT2D eigenvalue weighted by Gasteiger charge is 2.01. The van der Waals surface area contributed by atoms with Crippen LogP contribution < -0.4 is 0 Å². The molecule has 4 nitrogen and oxygen atoms in total. The molecule has 1 rings (SSSR count). The zero-order valence-corrected chi connectivity index (χ0v) is 6.50. The van der Waals surface area contributed by atoms with Crippen LogP contribution in [0, 0.1) is 11.8 Å². The van der Waals surface area contributed by atoms with Crippen LogP contribution in [0.15, 0.2) is 10.8 Å². The molecule has 0 aliphatic heterocycles. The van der Waals surface area contributed by atoms with E-state index in [2.05, 4.69) is 15.6 Å². The maximum absolute atomic E-state index is 10.1. The Morgan fingerprint density at radius 1 is 1.83 bits per heavy atom. The number of rotatable bonds is 1. The fourth-order valence-corrected chi connectivity index (χ4v) is 0.737. The molecule has 1 heterocycles. The highest BCUT2D eigenvalue weighted by Crippen LogP contribution is 2.04. The van der Waals surface area contributed by atoms with E-state index in [4.69, 9.17) is 5.11 Å². The Morgan fingerprint density at radius 3 is 3.17 bits per heavy atom. The van der Waals surface area contributed by atoms with Crippen molar-refractivity contribution >= 4 is 5.97 Å². The van der Waals surface area contributed by atoms with Gasteiger partial charge in [0.1, 0.15) is 6.26 Å². The van der Waals surface area contributed by atoms with Crippen LogP contribution in [0.3, 0.4) is 0 Å². The number of aryl methyl sites for hydroxylation is 1. The Bertz CT molecular complexity index is 343. The normalized spacial score (nSPS) is 8.75. The number of hydrogen-bond donors (Lipinski definition) is 1. The largest absolute Gasteiger partial charge is 0.472 e. The second-order valence-corrected chi connectivity index (χ2v) is 2.08. The van der Waals surface area contributed by atoms with Gasteiger partial charge in [-0.3, -0.25) is 0 Å². The average molecular weight is 165 g/mol. The Kier molecular flexibility index (Phi) is 2.49. The maximum atomic E-state index is 10.1. The summed E-state index contributed by atoms with van der Waals surface area (Å²) in [5, 5.41) is 11.9. The molecule has 0 fully saturated rings. The van der Waals surface area contributed by atoms with E-state index in [0.717, 1.165) is 0 Å². The first kappa shape index (κ1) is 8.34. The van der Waals surface area contributed by atoms with Crippen LogP contribution in [0.25, 0.3) is 0 Å². The molecule has 0 bridgehead atoms. The minimum absolute atomic E-state index is 0.542. The van der Waals surface area contributed by atoms with Crippen LogP contribution in [-0.2, 0) is 11.2 Å². The Hall–Kier alpha value is -1.76. The summed E-state index contributed by atoms with van der Waals surface area (Å²) in [6, 6.07) is 0. The third-order valence-corrected chi connectivity index (χ3v) is 1.28. The van der Waals surface area contributed by atoms with Crippen molar-refractivity contribution in [1.29, 1.82) is 0 Å². The van der Waals surface area contributed by atoms with Crippen molar-refractivity contribution in [2.75, 3.05) is 0 Å². The van der Waals surface area contributed by atoms with E-state index in [1.807, 2.05) is 12.8 Å². The second-order valence-electron chi connectivity index (χ2n) is 2.08. The number of aliphatic carboxylic acids is 1. The molecule has 0 amide bonds. The standard InChI is InChI=1S/C8H7NO3/c1-2-7-6(5-12-9-7)3-4-8(10)11/h5H,2H2,1H3,(H,10,11). The van der Waals surface area contributed by atoms with Gasteiger partial charge in [-0.2, -0.15) is 0 Å². The lowest BCUT2D eigenvalue weighted by Crippen LogP contribution is -1.88. The molecule has 4 heteroatoms. The topological polar surface area (TPSA) is 63.3 Å². The minimum atomic E-state index is -1.15. The van der Waals surface area contributed by atoms with Crippen LogP contribution in [0.4, 0.5) is 0 Å². The summed E-state index contributed by atoms with van der Waals surface area (Å²) in [4.78, 5) is 10.1. The van der Waals surface area contributed by atoms with Gasteiger partial charge < -0.3 is 9.63 Å². The van der Waals surface area contributed by atoms with Crippen molar-refractivity contribution in [3.8, 4) is 11.8 Å². The smallest absolute Gasteiger partial charge is 0.382 e. The van der Waals surface area contributed by atoms with Gasteiger partial charge in [0, 0.05) is 5.92 Å².